The van der Waals surface area contributed by atoms with E-state index in [-0.39, 0.29) is 19.0 Å². The normalized spacial score (nSPS) is 13.0. The number of hydrogen-bond donors (Lipinski definition) is 0. The van der Waals surface area contributed by atoms with Crippen LogP contribution in [0.2, 0.25) is 5.02 Å². The van der Waals surface area contributed by atoms with E-state index in [0.29, 0.717) is 28.7 Å². The van der Waals surface area contributed by atoms with Gasteiger partial charge in [0.15, 0.2) is 6.79 Å². The van der Waals surface area contributed by atoms with Crippen molar-refractivity contribution in [1.82, 2.24) is 0 Å². The summed E-state index contributed by atoms with van der Waals surface area (Å²) in [5.74, 6) is -0.594. The number of rotatable bonds is 4. The van der Waals surface area contributed by atoms with Gasteiger partial charge in [-0.3, -0.25) is 0 Å². The summed E-state index contributed by atoms with van der Waals surface area (Å²) in [6.07, 6.45) is 0. The molecule has 0 bridgehead atoms. The van der Waals surface area contributed by atoms with Crippen LogP contribution in [0.25, 0.3) is 0 Å². The molecule has 1 heterocycles. The Hall–Kier alpha value is -2.31. The highest BCUT2D eigenvalue weighted by Crippen LogP contribution is 2.32. The molecule has 0 radical (unpaired) electrons. The van der Waals surface area contributed by atoms with Crippen molar-refractivity contribution >= 4 is 17.6 Å². The fourth-order valence-electron chi connectivity index (χ4n) is 2.37. The van der Waals surface area contributed by atoms with Crippen LogP contribution in [-0.4, -0.2) is 19.9 Å². The third-order valence-electron chi connectivity index (χ3n) is 3.51. The van der Waals surface area contributed by atoms with Gasteiger partial charge in [-0.15, -0.1) is 0 Å². The SMILES string of the molecule is COc1ccc(C(=O)OCc2cc(Cl)cc3c2OCOC3)c(F)c1. The second-order valence-corrected chi connectivity index (χ2v) is 5.52. The third-order valence-corrected chi connectivity index (χ3v) is 3.72. The lowest BCUT2D eigenvalue weighted by atomic mass is 10.1. The molecule has 0 atom stereocenters. The van der Waals surface area contributed by atoms with Gasteiger partial charge in [0.05, 0.1) is 19.3 Å². The molecule has 2 aromatic carbocycles. The number of halogens is 2. The van der Waals surface area contributed by atoms with Crippen LogP contribution in [0.4, 0.5) is 4.39 Å². The third kappa shape index (κ3) is 3.44. The summed E-state index contributed by atoms with van der Waals surface area (Å²) in [7, 11) is 1.42. The number of carbonyl (C=O) groups excluding carboxylic acids is 1. The average Bonchev–Trinajstić information content (AvgIpc) is 2.59. The number of carbonyl (C=O) groups is 1. The summed E-state index contributed by atoms with van der Waals surface area (Å²) in [6.45, 7) is 0.389. The van der Waals surface area contributed by atoms with Crippen LogP contribution in [0, 0.1) is 5.82 Å². The number of esters is 1. The second kappa shape index (κ2) is 7.07. The van der Waals surface area contributed by atoms with Crippen LogP contribution in [0.1, 0.15) is 21.5 Å². The first kappa shape index (κ1) is 16.5. The lowest BCUT2D eigenvalue weighted by Gasteiger charge is -2.21. The molecule has 0 saturated carbocycles. The van der Waals surface area contributed by atoms with Crippen LogP contribution in [0.15, 0.2) is 30.3 Å². The molecule has 0 spiro atoms. The lowest BCUT2D eigenvalue weighted by Crippen LogP contribution is -2.14. The molecule has 0 N–H and O–H groups in total. The maximum Gasteiger partial charge on any atom is 0.341 e. The lowest BCUT2D eigenvalue weighted by molar-refractivity contribution is -0.0180. The van der Waals surface area contributed by atoms with Gasteiger partial charge in [0.1, 0.15) is 23.9 Å². The Morgan fingerprint density at radius 3 is 2.92 bits per heavy atom. The number of benzene rings is 2. The fraction of sp³-hybridized carbons (Fsp3) is 0.235. The fourth-order valence-corrected chi connectivity index (χ4v) is 2.64. The summed E-state index contributed by atoms with van der Waals surface area (Å²) in [5, 5.41) is 0.476. The summed E-state index contributed by atoms with van der Waals surface area (Å²) >= 11 is 6.05. The molecule has 5 nitrogen and oxygen atoms in total. The van der Waals surface area contributed by atoms with Crippen molar-refractivity contribution < 1.29 is 28.1 Å². The highest BCUT2D eigenvalue weighted by atomic mass is 35.5. The highest BCUT2D eigenvalue weighted by Gasteiger charge is 2.19. The van der Waals surface area contributed by atoms with Crippen molar-refractivity contribution in [3.8, 4) is 11.5 Å². The first-order valence-corrected chi connectivity index (χ1v) is 7.49. The molecule has 2 aromatic rings. The van der Waals surface area contributed by atoms with Crippen LogP contribution in [0.3, 0.4) is 0 Å². The van der Waals surface area contributed by atoms with Gasteiger partial charge in [-0.1, -0.05) is 11.6 Å². The van der Waals surface area contributed by atoms with E-state index in [1.165, 1.54) is 19.2 Å². The quantitative estimate of drug-likeness (QED) is 0.785. The van der Waals surface area contributed by atoms with Gasteiger partial charge < -0.3 is 18.9 Å². The first-order chi connectivity index (χ1) is 11.6. The zero-order valence-corrected chi connectivity index (χ0v) is 13.6. The van der Waals surface area contributed by atoms with Gasteiger partial charge in [-0.25, -0.2) is 9.18 Å². The smallest absolute Gasteiger partial charge is 0.341 e. The Labute approximate surface area is 142 Å². The van der Waals surface area contributed by atoms with E-state index in [1.807, 2.05) is 0 Å². The molecule has 1 aliphatic rings. The predicted molar refractivity (Wildman–Crippen MR) is 83.8 cm³/mol. The number of hydrogen-bond acceptors (Lipinski definition) is 5. The van der Waals surface area contributed by atoms with E-state index in [9.17, 15) is 9.18 Å². The Morgan fingerprint density at radius 2 is 2.17 bits per heavy atom. The summed E-state index contributed by atoms with van der Waals surface area (Å²) in [6, 6.07) is 7.29. The maximum atomic E-state index is 13.9. The topological polar surface area (TPSA) is 54.0 Å². The van der Waals surface area contributed by atoms with Crippen molar-refractivity contribution in [2.24, 2.45) is 0 Å². The Morgan fingerprint density at radius 1 is 1.33 bits per heavy atom. The summed E-state index contributed by atoms with van der Waals surface area (Å²) < 4.78 is 34.6. The van der Waals surface area contributed by atoms with Crippen LogP contribution in [0.5, 0.6) is 11.5 Å². The molecule has 0 unspecified atom stereocenters. The van der Waals surface area contributed by atoms with E-state index in [4.69, 9.17) is 30.5 Å². The number of methoxy groups -OCH3 is 1. The van der Waals surface area contributed by atoms with Crippen molar-refractivity contribution in [2.75, 3.05) is 13.9 Å². The molecule has 0 saturated heterocycles. The maximum absolute atomic E-state index is 13.9. The van der Waals surface area contributed by atoms with Crippen LogP contribution in [-0.2, 0) is 22.7 Å². The average molecular weight is 353 g/mol. The molecular formula is C17H14ClFO5. The molecule has 0 amide bonds. The Kier molecular flexibility index (Phi) is 4.87. The minimum atomic E-state index is -0.782. The first-order valence-electron chi connectivity index (χ1n) is 7.11. The Balaban J connectivity index is 1.76. The largest absolute Gasteiger partial charge is 0.497 e. The van der Waals surface area contributed by atoms with E-state index in [1.54, 1.807) is 12.1 Å². The number of fused-ring (bicyclic) bond motifs is 1. The zero-order chi connectivity index (χ0) is 17.1. The monoisotopic (exact) mass is 352 g/mol. The van der Waals surface area contributed by atoms with Gasteiger partial charge in [0.25, 0.3) is 0 Å². The van der Waals surface area contributed by atoms with Gasteiger partial charge >= 0.3 is 5.97 Å². The van der Waals surface area contributed by atoms with Crippen LogP contribution < -0.4 is 9.47 Å². The molecule has 126 valence electrons. The molecule has 0 aliphatic carbocycles. The second-order valence-electron chi connectivity index (χ2n) is 5.09. The molecular weight excluding hydrogens is 339 g/mol. The zero-order valence-electron chi connectivity index (χ0n) is 12.8. The van der Waals surface area contributed by atoms with Gasteiger partial charge in [0, 0.05) is 22.2 Å². The molecule has 3 rings (SSSR count). The minimum Gasteiger partial charge on any atom is -0.497 e. The molecule has 7 heteroatoms. The van der Waals surface area contributed by atoms with Gasteiger partial charge in [0.2, 0.25) is 0 Å². The molecule has 0 fully saturated rings. The van der Waals surface area contributed by atoms with Crippen molar-refractivity contribution in [2.45, 2.75) is 13.2 Å². The van der Waals surface area contributed by atoms with Crippen LogP contribution >= 0.6 is 11.6 Å². The minimum absolute atomic E-state index is 0.0901. The summed E-state index contributed by atoms with van der Waals surface area (Å²) in [4.78, 5) is 12.1. The van der Waals surface area contributed by atoms with Gasteiger partial charge in [-0.2, -0.15) is 0 Å². The molecule has 0 aromatic heterocycles. The highest BCUT2D eigenvalue weighted by molar-refractivity contribution is 6.30. The van der Waals surface area contributed by atoms with Crippen molar-refractivity contribution in [3.63, 3.8) is 0 Å². The van der Waals surface area contributed by atoms with E-state index in [2.05, 4.69) is 0 Å². The standard InChI is InChI=1S/C17H14ClFO5/c1-21-13-2-3-14(15(19)6-13)17(20)23-8-11-5-12(18)4-10-7-22-9-24-16(10)11/h2-6H,7-9H2,1H3. The van der Waals surface area contributed by atoms with Gasteiger partial charge in [-0.05, 0) is 24.3 Å². The van der Waals surface area contributed by atoms with E-state index in [0.717, 1.165) is 11.6 Å². The van der Waals surface area contributed by atoms with Crippen molar-refractivity contribution in [1.29, 1.82) is 0 Å². The van der Waals surface area contributed by atoms with E-state index >= 15 is 0 Å². The Bertz CT molecular complexity index is 778. The number of ether oxygens (including phenoxy) is 4. The molecule has 1 aliphatic heterocycles. The van der Waals surface area contributed by atoms with E-state index < -0.39 is 11.8 Å². The summed E-state index contributed by atoms with van der Waals surface area (Å²) in [5.41, 5.74) is 1.20. The predicted octanol–water partition coefficient (Wildman–Crippen LogP) is 3.71. The molecule has 24 heavy (non-hydrogen) atoms. The van der Waals surface area contributed by atoms with Crippen molar-refractivity contribution in [3.05, 3.63) is 57.9 Å².